The van der Waals surface area contributed by atoms with Crippen molar-refractivity contribution in [3.05, 3.63) is 89.4 Å². The van der Waals surface area contributed by atoms with E-state index in [1.54, 1.807) is 0 Å². The minimum Gasteiger partial charge on any atom is -0.489 e. The van der Waals surface area contributed by atoms with E-state index in [0.717, 1.165) is 22.7 Å². The molecule has 0 heterocycles. The highest BCUT2D eigenvalue weighted by Gasteiger charge is 2.03. The van der Waals surface area contributed by atoms with Crippen molar-refractivity contribution in [1.29, 1.82) is 0 Å². The minimum atomic E-state index is 0.478. The summed E-state index contributed by atoms with van der Waals surface area (Å²) in [5, 5.41) is 7.30. The van der Waals surface area contributed by atoms with Crippen LogP contribution in [0.2, 0.25) is 5.02 Å². The van der Waals surface area contributed by atoms with E-state index >= 15 is 0 Å². The normalized spacial score (nSPS) is 10.1. The molecule has 3 rings (SSSR count). The summed E-state index contributed by atoms with van der Waals surface area (Å²) < 4.78 is 5.77. The zero-order chi connectivity index (χ0) is 17.5. The van der Waals surface area contributed by atoms with Crippen LogP contribution in [-0.2, 0) is 6.61 Å². The van der Waals surface area contributed by atoms with E-state index in [9.17, 15) is 0 Å². The third-order valence-corrected chi connectivity index (χ3v) is 4.02. The SMILES string of the molecule is S=C(Nc1ccc(OCc2ccccc2)cc1)Nc1ccccc1Cl. The smallest absolute Gasteiger partial charge is 0.175 e. The number of anilines is 2. The number of hydrogen-bond donors (Lipinski definition) is 2. The van der Waals surface area contributed by atoms with E-state index in [0.29, 0.717) is 16.7 Å². The first-order chi connectivity index (χ1) is 12.2. The van der Waals surface area contributed by atoms with E-state index in [2.05, 4.69) is 10.6 Å². The Kier molecular flexibility index (Phi) is 5.88. The molecule has 0 amide bonds. The Hall–Kier alpha value is -2.56. The highest BCUT2D eigenvalue weighted by atomic mass is 35.5. The van der Waals surface area contributed by atoms with Crippen LogP contribution in [0, 0.1) is 0 Å². The average Bonchev–Trinajstić information content (AvgIpc) is 2.64. The van der Waals surface area contributed by atoms with Crippen LogP contribution >= 0.6 is 23.8 Å². The summed E-state index contributed by atoms with van der Waals surface area (Å²) in [7, 11) is 0. The molecule has 0 saturated carbocycles. The summed E-state index contributed by atoms with van der Waals surface area (Å²) in [5.74, 6) is 0.805. The van der Waals surface area contributed by atoms with Gasteiger partial charge in [0.25, 0.3) is 0 Å². The second-order valence-electron chi connectivity index (χ2n) is 5.36. The number of halogens is 1. The lowest BCUT2D eigenvalue weighted by molar-refractivity contribution is 0.306. The Balaban J connectivity index is 1.53. The molecule has 3 aromatic carbocycles. The zero-order valence-electron chi connectivity index (χ0n) is 13.4. The maximum absolute atomic E-state index is 6.11. The molecule has 0 atom stereocenters. The molecule has 0 aliphatic heterocycles. The summed E-state index contributed by atoms with van der Waals surface area (Å²) >= 11 is 11.4. The third-order valence-electron chi connectivity index (χ3n) is 3.48. The number of rotatable bonds is 5. The van der Waals surface area contributed by atoms with Crippen LogP contribution in [0.3, 0.4) is 0 Å². The van der Waals surface area contributed by atoms with Crippen molar-refractivity contribution < 1.29 is 4.74 Å². The summed E-state index contributed by atoms with van der Waals surface area (Å²) in [6.45, 7) is 0.542. The number of hydrogen-bond acceptors (Lipinski definition) is 2. The molecule has 0 unspecified atom stereocenters. The van der Waals surface area contributed by atoms with E-state index < -0.39 is 0 Å². The van der Waals surface area contributed by atoms with Crippen molar-refractivity contribution in [3.63, 3.8) is 0 Å². The molecular weight excluding hydrogens is 352 g/mol. The van der Waals surface area contributed by atoms with Gasteiger partial charge in [-0.1, -0.05) is 54.1 Å². The quantitative estimate of drug-likeness (QED) is 0.563. The fourth-order valence-corrected chi connectivity index (χ4v) is 2.63. The Bertz CT molecular complexity index is 838. The first-order valence-electron chi connectivity index (χ1n) is 7.80. The minimum absolute atomic E-state index is 0.478. The van der Waals surface area contributed by atoms with Crippen molar-refractivity contribution in [2.75, 3.05) is 10.6 Å². The maximum Gasteiger partial charge on any atom is 0.175 e. The lowest BCUT2D eigenvalue weighted by Gasteiger charge is -2.12. The number of thiocarbonyl (C=S) groups is 1. The van der Waals surface area contributed by atoms with Gasteiger partial charge < -0.3 is 15.4 Å². The Morgan fingerprint density at radius 2 is 1.52 bits per heavy atom. The van der Waals surface area contributed by atoms with E-state index in [4.69, 9.17) is 28.6 Å². The van der Waals surface area contributed by atoms with Crippen molar-refractivity contribution >= 4 is 40.3 Å². The van der Waals surface area contributed by atoms with Gasteiger partial charge in [0.2, 0.25) is 0 Å². The fraction of sp³-hybridized carbons (Fsp3) is 0.0500. The van der Waals surface area contributed by atoms with Crippen LogP contribution in [0.1, 0.15) is 5.56 Å². The second kappa shape index (κ2) is 8.51. The van der Waals surface area contributed by atoms with Gasteiger partial charge in [-0.2, -0.15) is 0 Å². The Morgan fingerprint density at radius 3 is 2.24 bits per heavy atom. The molecule has 3 aromatic rings. The van der Waals surface area contributed by atoms with Crippen molar-refractivity contribution in [2.45, 2.75) is 6.61 Å². The molecular formula is C20H17ClN2OS. The van der Waals surface area contributed by atoms with Gasteiger partial charge in [0.15, 0.2) is 5.11 Å². The van der Waals surface area contributed by atoms with Crippen LogP contribution < -0.4 is 15.4 Å². The highest BCUT2D eigenvalue weighted by Crippen LogP contribution is 2.21. The summed E-state index contributed by atoms with van der Waals surface area (Å²) in [5.41, 5.74) is 2.77. The molecule has 126 valence electrons. The molecule has 5 heteroatoms. The number of nitrogens with one attached hydrogen (secondary N) is 2. The van der Waals surface area contributed by atoms with Gasteiger partial charge in [0.1, 0.15) is 12.4 Å². The first-order valence-corrected chi connectivity index (χ1v) is 8.59. The fourth-order valence-electron chi connectivity index (χ4n) is 2.22. The molecule has 0 aliphatic carbocycles. The third kappa shape index (κ3) is 5.21. The number of ether oxygens (including phenoxy) is 1. The molecule has 0 radical (unpaired) electrons. The van der Waals surface area contributed by atoms with E-state index in [-0.39, 0.29) is 0 Å². The van der Waals surface area contributed by atoms with Gasteiger partial charge in [-0.3, -0.25) is 0 Å². The summed E-state index contributed by atoms with van der Waals surface area (Å²) in [6, 6.07) is 25.2. The molecule has 0 aromatic heterocycles. The molecule has 0 spiro atoms. The second-order valence-corrected chi connectivity index (χ2v) is 6.17. The van der Waals surface area contributed by atoms with Crippen LogP contribution in [-0.4, -0.2) is 5.11 Å². The van der Waals surface area contributed by atoms with Gasteiger partial charge >= 0.3 is 0 Å². The van der Waals surface area contributed by atoms with Crippen LogP contribution in [0.4, 0.5) is 11.4 Å². The van der Waals surface area contributed by atoms with Crippen molar-refractivity contribution in [1.82, 2.24) is 0 Å². The summed E-state index contributed by atoms with van der Waals surface area (Å²) in [4.78, 5) is 0. The van der Waals surface area contributed by atoms with Gasteiger partial charge in [-0.15, -0.1) is 0 Å². The van der Waals surface area contributed by atoms with Crippen LogP contribution in [0.5, 0.6) is 5.75 Å². The molecule has 25 heavy (non-hydrogen) atoms. The van der Waals surface area contributed by atoms with Crippen LogP contribution in [0.15, 0.2) is 78.9 Å². The molecule has 0 aliphatic rings. The average molecular weight is 369 g/mol. The Morgan fingerprint density at radius 1 is 0.840 bits per heavy atom. The molecule has 0 bridgehead atoms. The first kappa shape index (κ1) is 17.3. The number of para-hydroxylation sites is 1. The molecule has 2 N–H and O–H groups in total. The topological polar surface area (TPSA) is 33.3 Å². The van der Waals surface area contributed by atoms with Gasteiger partial charge in [0, 0.05) is 5.69 Å². The lowest BCUT2D eigenvalue weighted by atomic mass is 10.2. The highest BCUT2D eigenvalue weighted by molar-refractivity contribution is 7.80. The van der Waals surface area contributed by atoms with Crippen LogP contribution in [0.25, 0.3) is 0 Å². The van der Waals surface area contributed by atoms with Gasteiger partial charge in [-0.05, 0) is 54.2 Å². The molecule has 0 fully saturated rings. The zero-order valence-corrected chi connectivity index (χ0v) is 15.0. The standard InChI is InChI=1S/C20H17ClN2OS/c21-18-8-4-5-9-19(18)23-20(25)22-16-10-12-17(13-11-16)24-14-15-6-2-1-3-7-15/h1-13H,14H2,(H2,22,23,25). The monoisotopic (exact) mass is 368 g/mol. The molecule has 3 nitrogen and oxygen atoms in total. The van der Waals surface area contributed by atoms with E-state index in [1.807, 2.05) is 78.9 Å². The van der Waals surface area contributed by atoms with Crippen molar-refractivity contribution in [3.8, 4) is 5.75 Å². The maximum atomic E-state index is 6.11. The molecule has 0 saturated heterocycles. The largest absolute Gasteiger partial charge is 0.489 e. The predicted molar refractivity (Wildman–Crippen MR) is 109 cm³/mol. The lowest BCUT2D eigenvalue weighted by Crippen LogP contribution is -2.19. The predicted octanol–water partition coefficient (Wildman–Crippen LogP) is 5.73. The van der Waals surface area contributed by atoms with Crippen molar-refractivity contribution in [2.24, 2.45) is 0 Å². The number of benzene rings is 3. The summed E-state index contributed by atoms with van der Waals surface area (Å²) in [6.07, 6.45) is 0. The van der Waals surface area contributed by atoms with E-state index in [1.165, 1.54) is 0 Å². The van der Waals surface area contributed by atoms with Gasteiger partial charge in [-0.25, -0.2) is 0 Å². The Labute approximate surface area is 157 Å². The van der Waals surface area contributed by atoms with Gasteiger partial charge in [0.05, 0.1) is 10.7 Å².